The summed E-state index contributed by atoms with van der Waals surface area (Å²) < 4.78 is 18.3. The molecule has 0 bridgehead atoms. The zero-order chi connectivity index (χ0) is 54.4. The Morgan fingerprint density at radius 2 is 0.899 bits per heavy atom. The van der Waals surface area contributed by atoms with Crippen LogP contribution in [0.15, 0.2) is 170 Å². The van der Waals surface area contributed by atoms with Crippen LogP contribution in [0.2, 0.25) is 0 Å². The molecule has 4 aromatic heterocycles. The topological polar surface area (TPSA) is 22.3 Å². The fourth-order valence-corrected chi connectivity index (χ4v) is 15.6. The maximum absolute atomic E-state index is 8.07. The van der Waals surface area contributed by atoms with Crippen molar-refractivity contribution in [1.29, 1.82) is 0 Å². The molecule has 9 aromatic carbocycles. The summed E-state index contributed by atoms with van der Waals surface area (Å²) in [6.07, 6.45) is 0. The first-order chi connectivity index (χ1) is 37.7. The molecule has 388 valence electrons. The molecule has 0 unspecified atom stereocenters. The highest BCUT2D eigenvalue weighted by molar-refractivity contribution is 7.33. The lowest BCUT2D eigenvalue weighted by atomic mass is 9.37. The van der Waals surface area contributed by atoms with Gasteiger partial charge in [-0.1, -0.05) is 168 Å². The van der Waals surface area contributed by atoms with E-state index in [1.54, 1.807) is 0 Å². The summed E-state index contributed by atoms with van der Waals surface area (Å²) in [5.74, 6) is 1.80. The maximum atomic E-state index is 8.07. The number of anilines is 3. The molecule has 2 aliphatic heterocycles. The van der Waals surface area contributed by atoms with Crippen molar-refractivity contribution in [2.45, 2.75) is 105 Å². The molecule has 0 saturated carbocycles. The van der Waals surface area contributed by atoms with Crippen molar-refractivity contribution in [3.63, 3.8) is 0 Å². The molecule has 0 radical (unpaired) electrons. The number of fused-ring (bicyclic) bond motifs is 15. The number of hydrogen-bond donors (Lipinski definition) is 0. The molecule has 0 N–H and O–H groups in total. The van der Waals surface area contributed by atoms with E-state index in [0.29, 0.717) is 0 Å². The van der Waals surface area contributed by atoms with E-state index in [1.807, 2.05) is 22.7 Å². The highest BCUT2D eigenvalue weighted by atomic mass is 32.1. The van der Waals surface area contributed by atoms with E-state index in [2.05, 4.69) is 267 Å². The Labute approximate surface area is 471 Å². The van der Waals surface area contributed by atoms with Gasteiger partial charge < -0.3 is 18.8 Å². The van der Waals surface area contributed by atoms with Crippen molar-refractivity contribution >= 4 is 136 Å². The summed E-state index contributed by atoms with van der Waals surface area (Å²) in [5, 5.41) is 8.74. The van der Waals surface area contributed by atoms with Gasteiger partial charge in [-0.05, 0) is 134 Å². The van der Waals surface area contributed by atoms with E-state index in [4.69, 9.17) is 4.74 Å². The molecule has 7 heteroatoms. The van der Waals surface area contributed by atoms with Crippen molar-refractivity contribution in [1.82, 2.24) is 9.13 Å². The van der Waals surface area contributed by atoms with Gasteiger partial charge in [-0.3, -0.25) is 0 Å². The number of aromatic nitrogens is 2. The fraction of sp³-hybridized carbons (Fsp3) is 0.222. The van der Waals surface area contributed by atoms with Gasteiger partial charge in [0, 0.05) is 74.0 Å². The first-order valence-corrected chi connectivity index (χ1v) is 29.7. The van der Waals surface area contributed by atoms with Crippen LogP contribution in [-0.2, 0) is 21.7 Å². The SMILES string of the molecule is CC(C)(C)c1ccc(N2c3cc(-n4c5ccccc5c5ccccc54)cc4c3B(c3cc5sc6ccccc6c5c(-n5c6ccc(C(C)(C)C)cc6c6cc(C(C)(C)C)ccc65)c3O4)c3sc4ccc(C(C)(C)C)cc4c32)cc1. The predicted octanol–water partition coefficient (Wildman–Crippen LogP) is 19.1. The second kappa shape index (κ2) is 16.5. The van der Waals surface area contributed by atoms with Crippen LogP contribution in [0.3, 0.4) is 0 Å². The molecule has 13 aromatic rings. The zero-order valence-electron chi connectivity index (χ0n) is 47.3. The average molecular weight is 1060 g/mol. The van der Waals surface area contributed by atoms with E-state index in [0.717, 1.165) is 34.2 Å². The number of nitrogens with zero attached hydrogens (tertiary/aromatic N) is 3. The summed E-state index contributed by atoms with van der Waals surface area (Å²) in [7, 11) is 0. The second-order valence-electron chi connectivity index (χ2n) is 26.6. The van der Waals surface area contributed by atoms with Gasteiger partial charge in [0.2, 0.25) is 0 Å². The second-order valence-corrected chi connectivity index (χ2v) is 28.8. The lowest BCUT2D eigenvalue weighted by Gasteiger charge is -2.40. The highest BCUT2D eigenvalue weighted by Gasteiger charge is 2.46. The number of hydrogen-bond acceptors (Lipinski definition) is 4. The summed E-state index contributed by atoms with van der Waals surface area (Å²) in [5.41, 5.74) is 17.9. The van der Waals surface area contributed by atoms with Gasteiger partial charge in [0.25, 0.3) is 6.71 Å². The lowest BCUT2D eigenvalue weighted by Crippen LogP contribution is -2.58. The zero-order valence-corrected chi connectivity index (χ0v) is 48.9. The van der Waals surface area contributed by atoms with Crippen LogP contribution in [0.5, 0.6) is 11.5 Å². The van der Waals surface area contributed by atoms with Crippen LogP contribution in [-0.4, -0.2) is 15.8 Å². The predicted molar refractivity (Wildman–Crippen MR) is 344 cm³/mol. The van der Waals surface area contributed by atoms with Crippen molar-refractivity contribution in [2.75, 3.05) is 4.90 Å². The molecule has 0 atom stereocenters. The molecule has 0 spiro atoms. The van der Waals surface area contributed by atoms with Crippen molar-refractivity contribution in [3.05, 3.63) is 192 Å². The van der Waals surface area contributed by atoms with Crippen LogP contribution in [0, 0.1) is 0 Å². The number of ether oxygens (including phenoxy) is 1. The maximum Gasteiger partial charge on any atom is 0.269 e. The van der Waals surface area contributed by atoms with Gasteiger partial charge >= 0.3 is 0 Å². The van der Waals surface area contributed by atoms with Gasteiger partial charge in [0.15, 0.2) is 0 Å². The minimum Gasteiger partial charge on any atom is -0.456 e. The molecule has 6 heterocycles. The molecule has 0 amide bonds. The van der Waals surface area contributed by atoms with Gasteiger partial charge in [-0.25, -0.2) is 0 Å². The summed E-state index contributed by atoms with van der Waals surface area (Å²) in [6, 6.07) is 65.2. The third-order valence-corrected chi connectivity index (χ3v) is 19.7. The number of benzene rings is 9. The number of rotatable bonds is 3. The van der Waals surface area contributed by atoms with Crippen molar-refractivity contribution < 1.29 is 4.74 Å². The van der Waals surface area contributed by atoms with Crippen LogP contribution in [0.25, 0.3) is 85.2 Å². The van der Waals surface area contributed by atoms with E-state index in [-0.39, 0.29) is 28.4 Å². The molecular weight excluding hydrogens is 998 g/mol. The average Bonchev–Trinajstić information content (AvgIpc) is 3.36. The third kappa shape index (κ3) is 7.17. The van der Waals surface area contributed by atoms with E-state index in [9.17, 15) is 0 Å². The molecule has 2 aliphatic rings. The molecule has 15 rings (SSSR count). The largest absolute Gasteiger partial charge is 0.456 e. The molecule has 0 saturated heterocycles. The minimum atomic E-state index is -0.141. The minimum absolute atomic E-state index is 0.00367. The molecule has 0 fully saturated rings. The van der Waals surface area contributed by atoms with Crippen LogP contribution < -0.4 is 25.3 Å². The van der Waals surface area contributed by atoms with E-state index < -0.39 is 0 Å². The summed E-state index contributed by atoms with van der Waals surface area (Å²) >= 11 is 3.85. The normalized spacial score (nSPS) is 13.9. The van der Waals surface area contributed by atoms with Crippen LogP contribution in [0.4, 0.5) is 17.1 Å². The smallest absolute Gasteiger partial charge is 0.269 e. The Morgan fingerprint density at radius 1 is 0.392 bits per heavy atom. The molecular formula is C72H64BN3OS2. The molecule has 4 nitrogen and oxygen atoms in total. The monoisotopic (exact) mass is 1060 g/mol. The van der Waals surface area contributed by atoms with E-state index >= 15 is 0 Å². The first-order valence-electron chi connectivity index (χ1n) is 28.1. The quantitative estimate of drug-likeness (QED) is 0.165. The van der Waals surface area contributed by atoms with Crippen LogP contribution >= 0.6 is 22.7 Å². The Morgan fingerprint density at radius 3 is 1.49 bits per heavy atom. The van der Waals surface area contributed by atoms with Gasteiger partial charge in [0.05, 0.1) is 39.1 Å². The Bertz CT molecular complexity index is 4620. The standard InChI is InChI=1S/C72H64BN3OS2/c1-69(2,3)41-25-30-45(31-26-41)75-58-38-46(74-54-22-16-13-19-47(54)48-20-14-17-23-55(48)74)39-59-64(58)73(68-65(75)52-37-44(72(10,11)12)29-34-61(52)79-68)53-40-62-63(49-21-15-18-24-60(49)78-62)66(67(53)77-59)76-56-32-27-42(70(4,5)6)35-50(56)51-36-43(71(7,8)9)28-33-57(51)76/h13-40H,1-12H3. The Balaban J connectivity index is 1.11. The lowest BCUT2D eigenvalue weighted by molar-refractivity contribution is 0.486. The van der Waals surface area contributed by atoms with E-state index in [1.165, 1.54) is 118 Å². The first kappa shape index (κ1) is 48.5. The Hall–Kier alpha value is -7.58. The highest BCUT2D eigenvalue weighted by Crippen LogP contribution is 2.52. The number of para-hydroxylation sites is 2. The van der Waals surface area contributed by atoms with Crippen molar-refractivity contribution in [2.24, 2.45) is 0 Å². The van der Waals surface area contributed by atoms with Crippen molar-refractivity contribution in [3.8, 4) is 22.9 Å². The fourth-order valence-electron chi connectivity index (χ4n) is 13.1. The summed E-state index contributed by atoms with van der Waals surface area (Å²) in [6.45, 7) is 27.8. The number of thiophene rings is 2. The third-order valence-electron chi connectivity index (χ3n) is 17.4. The van der Waals surface area contributed by atoms with Crippen LogP contribution in [0.1, 0.15) is 105 Å². The molecule has 79 heavy (non-hydrogen) atoms. The van der Waals surface area contributed by atoms with Gasteiger partial charge in [0.1, 0.15) is 11.5 Å². The van der Waals surface area contributed by atoms with Gasteiger partial charge in [-0.15, -0.1) is 22.7 Å². The molecule has 0 aliphatic carbocycles. The van der Waals surface area contributed by atoms with Gasteiger partial charge in [-0.2, -0.15) is 0 Å². The summed E-state index contributed by atoms with van der Waals surface area (Å²) in [4.78, 5) is 2.60. The Kier molecular flexibility index (Phi) is 10.1.